The van der Waals surface area contributed by atoms with Crippen molar-refractivity contribution in [2.75, 3.05) is 14.2 Å². The van der Waals surface area contributed by atoms with Crippen LogP contribution in [0.1, 0.15) is 87.9 Å². The zero-order valence-corrected chi connectivity index (χ0v) is 20.3. The number of ether oxygens (including phenoxy) is 2. The van der Waals surface area contributed by atoms with E-state index in [2.05, 4.69) is 0 Å². The number of unbranched alkanes of at least 4 members (excludes halogenated alkanes) is 1. The van der Waals surface area contributed by atoms with Gasteiger partial charge in [-0.25, -0.2) is 4.79 Å². The molecule has 2 rings (SSSR count). The Morgan fingerprint density at radius 3 is 2.38 bits per heavy atom. The molecule has 0 radical (unpaired) electrons. The molecule has 0 fully saturated rings. The molecule has 1 heterocycles. The lowest BCUT2D eigenvalue weighted by molar-refractivity contribution is 0.0924. The van der Waals surface area contributed by atoms with Crippen LogP contribution in [0.4, 0.5) is 0 Å². The largest absolute Gasteiger partial charge is 0.496 e. The van der Waals surface area contributed by atoms with Gasteiger partial charge in [-0.1, -0.05) is 45.3 Å². The van der Waals surface area contributed by atoms with Gasteiger partial charge in [0.1, 0.15) is 17.1 Å². The van der Waals surface area contributed by atoms with E-state index in [0.717, 1.165) is 18.4 Å². The second-order valence-corrected chi connectivity index (χ2v) is 8.46. The first-order valence-corrected chi connectivity index (χ1v) is 11.3. The van der Waals surface area contributed by atoms with E-state index >= 15 is 0 Å². The second kappa shape index (κ2) is 11.3. The molecule has 1 N–H and O–H groups in total. The third kappa shape index (κ3) is 5.23. The van der Waals surface area contributed by atoms with Crippen LogP contribution in [0.25, 0.3) is 11.0 Å². The van der Waals surface area contributed by atoms with Gasteiger partial charge in [0.25, 0.3) is 0 Å². The van der Waals surface area contributed by atoms with Crippen LogP contribution >= 0.6 is 0 Å². The molecule has 6 nitrogen and oxygen atoms in total. The Hall–Kier alpha value is -2.60. The summed E-state index contributed by atoms with van der Waals surface area (Å²) in [6.07, 6.45) is 4.43. The molecule has 0 aliphatic rings. The van der Waals surface area contributed by atoms with Crippen LogP contribution in [-0.4, -0.2) is 25.1 Å². The lowest BCUT2D eigenvalue weighted by Gasteiger charge is -2.22. The van der Waals surface area contributed by atoms with Crippen molar-refractivity contribution in [1.82, 2.24) is 0 Å². The van der Waals surface area contributed by atoms with Gasteiger partial charge >= 0.3 is 5.63 Å². The number of aliphatic hydroxyl groups is 1. The number of rotatable bonds is 11. The van der Waals surface area contributed by atoms with Crippen LogP contribution in [-0.2, 0) is 6.42 Å². The lowest BCUT2D eigenvalue weighted by atomic mass is 9.89. The van der Waals surface area contributed by atoms with Gasteiger partial charge < -0.3 is 19.0 Å². The number of methoxy groups -OCH3 is 2. The molecular weight excluding hydrogens is 408 g/mol. The summed E-state index contributed by atoms with van der Waals surface area (Å²) >= 11 is 0. The van der Waals surface area contributed by atoms with Crippen molar-refractivity contribution in [3.8, 4) is 11.5 Å². The van der Waals surface area contributed by atoms with Gasteiger partial charge in [0.2, 0.25) is 0 Å². The molecule has 0 bridgehead atoms. The fourth-order valence-corrected chi connectivity index (χ4v) is 3.84. The molecule has 1 aromatic carbocycles. The third-order valence-corrected chi connectivity index (χ3v) is 5.84. The van der Waals surface area contributed by atoms with Gasteiger partial charge in [0.15, 0.2) is 11.4 Å². The number of allylic oxidation sites excluding steroid dienone is 2. The highest BCUT2D eigenvalue weighted by Crippen LogP contribution is 2.45. The topological polar surface area (TPSA) is 86.0 Å². The number of Topliss-reactive ketones (excluding diaryl/α,β-unsaturated/α-hetero) is 1. The average molecular weight is 445 g/mol. The zero-order valence-electron chi connectivity index (χ0n) is 20.3. The molecule has 0 aliphatic heterocycles. The van der Waals surface area contributed by atoms with E-state index in [4.69, 9.17) is 13.9 Å². The summed E-state index contributed by atoms with van der Waals surface area (Å²) in [6, 6.07) is 1.31. The molecule has 2 aromatic rings. The van der Waals surface area contributed by atoms with Crippen molar-refractivity contribution in [3.05, 3.63) is 44.8 Å². The molecule has 0 saturated heterocycles. The van der Waals surface area contributed by atoms with Gasteiger partial charge in [-0.05, 0) is 33.1 Å². The van der Waals surface area contributed by atoms with Gasteiger partial charge in [0, 0.05) is 23.1 Å². The third-order valence-electron chi connectivity index (χ3n) is 5.84. The van der Waals surface area contributed by atoms with E-state index in [1.807, 2.05) is 40.7 Å². The summed E-state index contributed by atoms with van der Waals surface area (Å²) in [7, 11) is 3.03. The van der Waals surface area contributed by atoms with Gasteiger partial charge in [-0.3, -0.25) is 4.79 Å². The second-order valence-electron chi connectivity index (χ2n) is 8.46. The Bertz CT molecular complexity index is 1040. The zero-order chi connectivity index (χ0) is 24.0. The van der Waals surface area contributed by atoms with Crippen molar-refractivity contribution < 1.29 is 23.8 Å². The monoisotopic (exact) mass is 444 g/mol. The average Bonchev–Trinajstić information content (AvgIpc) is 2.77. The summed E-state index contributed by atoms with van der Waals surface area (Å²) in [5.41, 5.74) is 1.93. The fourth-order valence-electron chi connectivity index (χ4n) is 3.84. The van der Waals surface area contributed by atoms with E-state index < -0.39 is 11.7 Å². The Morgan fingerprint density at radius 2 is 1.84 bits per heavy atom. The number of ketones is 1. The fraction of sp³-hybridized carbons (Fsp3) is 0.538. The van der Waals surface area contributed by atoms with E-state index in [1.54, 1.807) is 0 Å². The summed E-state index contributed by atoms with van der Waals surface area (Å²) in [5.74, 6) is 0.333. The number of carbonyl (C=O) groups is 1. The molecule has 6 heteroatoms. The molecule has 0 unspecified atom stereocenters. The predicted molar refractivity (Wildman–Crippen MR) is 127 cm³/mol. The molecular formula is C26H36O6. The molecule has 0 aliphatic carbocycles. The Morgan fingerprint density at radius 1 is 1.19 bits per heavy atom. The highest BCUT2D eigenvalue weighted by molar-refractivity contribution is 6.12. The lowest BCUT2D eigenvalue weighted by Crippen LogP contribution is -2.16. The SMILES string of the molecule is CCCC[C@H](O)c1cc(=O)oc2c(C(=O)[C@@H](C)CC)c(OC)c(CC=C(C)C)c(OC)c12. The van der Waals surface area contributed by atoms with Gasteiger partial charge in [0.05, 0.1) is 25.7 Å². The van der Waals surface area contributed by atoms with Crippen LogP contribution in [0.5, 0.6) is 11.5 Å². The minimum Gasteiger partial charge on any atom is -0.496 e. The van der Waals surface area contributed by atoms with Crippen LogP contribution in [0.2, 0.25) is 0 Å². The first kappa shape index (κ1) is 25.7. The Balaban J connectivity index is 3.08. The molecule has 0 saturated carbocycles. The summed E-state index contributed by atoms with van der Waals surface area (Å²) in [6.45, 7) is 9.79. The van der Waals surface area contributed by atoms with Crippen molar-refractivity contribution in [1.29, 1.82) is 0 Å². The van der Waals surface area contributed by atoms with Crippen molar-refractivity contribution >= 4 is 16.8 Å². The van der Waals surface area contributed by atoms with Crippen molar-refractivity contribution in [3.63, 3.8) is 0 Å². The molecule has 1 aromatic heterocycles. The molecule has 0 amide bonds. The summed E-state index contributed by atoms with van der Waals surface area (Å²) in [4.78, 5) is 26.0. The minimum atomic E-state index is -0.883. The first-order chi connectivity index (χ1) is 15.2. The number of fused-ring (bicyclic) bond motifs is 1. The number of hydrogen-bond acceptors (Lipinski definition) is 6. The van der Waals surface area contributed by atoms with Crippen LogP contribution in [0.3, 0.4) is 0 Å². The highest BCUT2D eigenvalue weighted by Gasteiger charge is 2.31. The number of hydrogen-bond donors (Lipinski definition) is 1. The maximum atomic E-state index is 13.5. The predicted octanol–water partition coefficient (Wildman–Crippen LogP) is 5.77. The number of aliphatic hydroxyl groups excluding tert-OH is 1. The molecule has 176 valence electrons. The maximum absolute atomic E-state index is 13.5. The number of benzene rings is 1. The van der Waals surface area contributed by atoms with Crippen molar-refractivity contribution in [2.45, 2.75) is 72.8 Å². The van der Waals surface area contributed by atoms with Crippen LogP contribution in [0.15, 0.2) is 26.9 Å². The van der Waals surface area contributed by atoms with Gasteiger partial charge in [-0.15, -0.1) is 0 Å². The quantitative estimate of drug-likeness (QED) is 0.269. The number of carbonyl (C=O) groups excluding carboxylic acids is 1. The summed E-state index contributed by atoms with van der Waals surface area (Å²) in [5, 5.41) is 11.4. The maximum Gasteiger partial charge on any atom is 0.336 e. The van der Waals surface area contributed by atoms with E-state index in [9.17, 15) is 14.7 Å². The van der Waals surface area contributed by atoms with E-state index in [-0.39, 0.29) is 22.8 Å². The summed E-state index contributed by atoms with van der Waals surface area (Å²) < 4.78 is 17.1. The molecule has 32 heavy (non-hydrogen) atoms. The highest BCUT2D eigenvalue weighted by atomic mass is 16.5. The normalized spacial score (nSPS) is 13.0. The Labute approximate surface area is 190 Å². The smallest absolute Gasteiger partial charge is 0.336 e. The van der Waals surface area contributed by atoms with Crippen molar-refractivity contribution in [2.24, 2.45) is 5.92 Å². The molecule has 0 spiro atoms. The van der Waals surface area contributed by atoms with E-state index in [0.29, 0.717) is 47.3 Å². The van der Waals surface area contributed by atoms with Crippen LogP contribution < -0.4 is 15.1 Å². The first-order valence-electron chi connectivity index (χ1n) is 11.3. The molecule has 2 atom stereocenters. The van der Waals surface area contributed by atoms with Gasteiger partial charge in [-0.2, -0.15) is 0 Å². The Kier molecular flexibility index (Phi) is 9.08. The standard InChI is InChI=1S/C26H36O6/c1-8-10-11-19(27)18-14-20(28)32-26-21(18)24(30-6)17(13-12-15(3)4)25(31-7)22(26)23(29)16(5)9-2/h12,14,16,19,27H,8-11,13H2,1-7H3/t16-,19-/m0/s1. The van der Waals surface area contributed by atoms with Crippen LogP contribution in [0, 0.1) is 5.92 Å². The van der Waals surface area contributed by atoms with E-state index in [1.165, 1.54) is 20.3 Å². The minimum absolute atomic E-state index is 0.114.